The lowest BCUT2D eigenvalue weighted by Gasteiger charge is -2.33. The van der Waals surface area contributed by atoms with Crippen LogP contribution >= 0.6 is 0 Å². The van der Waals surface area contributed by atoms with Crippen molar-refractivity contribution < 1.29 is 4.79 Å². The molecule has 0 saturated carbocycles. The van der Waals surface area contributed by atoms with E-state index in [1.165, 1.54) is 12.0 Å². The average Bonchev–Trinajstić information content (AvgIpc) is 3.08. The topological polar surface area (TPSA) is 51.0 Å². The van der Waals surface area contributed by atoms with E-state index in [4.69, 9.17) is 0 Å². The van der Waals surface area contributed by atoms with Gasteiger partial charge >= 0.3 is 0 Å². The summed E-state index contributed by atoms with van der Waals surface area (Å²) in [5, 5.41) is 0. The van der Waals surface area contributed by atoms with Crippen LogP contribution in [-0.4, -0.2) is 38.4 Å². The maximum absolute atomic E-state index is 12.4. The van der Waals surface area contributed by atoms with Crippen molar-refractivity contribution in [3.8, 4) is 0 Å². The molecule has 0 aliphatic carbocycles. The van der Waals surface area contributed by atoms with Gasteiger partial charge in [0.1, 0.15) is 0 Å². The van der Waals surface area contributed by atoms with E-state index >= 15 is 0 Å². The molecule has 2 aromatic rings. The molecule has 23 heavy (non-hydrogen) atoms. The normalized spacial score (nSPS) is 18.1. The van der Waals surface area contributed by atoms with Gasteiger partial charge in [-0.1, -0.05) is 6.07 Å². The summed E-state index contributed by atoms with van der Waals surface area (Å²) in [4.78, 5) is 22.8. The Balaban J connectivity index is 1.51. The molecule has 1 aliphatic rings. The van der Waals surface area contributed by atoms with Crippen molar-refractivity contribution in [1.82, 2.24) is 19.4 Å². The van der Waals surface area contributed by atoms with Gasteiger partial charge in [0.2, 0.25) is 5.91 Å². The van der Waals surface area contributed by atoms with E-state index in [9.17, 15) is 4.79 Å². The zero-order chi connectivity index (χ0) is 16.1. The van der Waals surface area contributed by atoms with Gasteiger partial charge < -0.3 is 9.47 Å². The number of amides is 1. The van der Waals surface area contributed by atoms with Crippen LogP contribution in [0.3, 0.4) is 0 Å². The third kappa shape index (κ3) is 4.41. The second kappa shape index (κ2) is 7.40. The molecule has 1 aliphatic heterocycles. The van der Waals surface area contributed by atoms with E-state index < -0.39 is 0 Å². The van der Waals surface area contributed by atoms with E-state index in [-0.39, 0.29) is 5.91 Å². The Bertz CT molecular complexity index is 621. The SMILES string of the molecule is Cc1ccc(C[C@H]2CCCN(C(=O)CCn3ccnc3)C2)cn1. The summed E-state index contributed by atoms with van der Waals surface area (Å²) >= 11 is 0. The number of carbonyl (C=O) groups excluding carboxylic acids is 1. The summed E-state index contributed by atoms with van der Waals surface area (Å²) in [5.41, 5.74) is 2.32. The number of piperidine rings is 1. The first-order valence-corrected chi connectivity index (χ1v) is 8.36. The lowest BCUT2D eigenvalue weighted by Crippen LogP contribution is -2.40. The maximum atomic E-state index is 12.4. The summed E-state index contributed by atoms with van der Waals surface area (Å²) in [5.74, 6) is 0.802. The highest BCUT2D eigenvalue weighted by Crippen LogP contribution is 2.21. The summed E-state index contributed by atoms with van der Waals surface area (Å²) in [6, 6.07) is 4.22. The minimum absolute atomic E-state index is 0.255. The smallest absolute Gasteiger partial charge is 0.224 e. The van der Waals surface area contributed by atoms with Crippen LogP contribution in [0, 0.1) is 12.8 Å². The molecule has 0 N–H and O–H groups in total. The predicted molar refractivity (Wildman–Crippen MR) is 88.8 cm³/mol. The molecule has 5 nitrogen and oxygen atoms in total. The lowest BCUT2D eigenvalue weighted by atomic mass is 9.91. The number of likely N-dealkylation sites (tertiary alicyclic amines) is 1. The van der Waals surface area contributed by atoms with E-state index in [0.29, 0.717) is 18.9 Å². The van der Waals surface area contributed by atoms with Gasteiger partial charge in [0.15, 0.2) is 0 Å². The van der Waals surface area contributed by atoms with Gasteiger partial charge in [-0.15, -0.1) is 0 Å². The summed E-state index contributed by atoms with van der Waals surface area (Å²) in [6.07, 6.45) is 11.2. The van der Waals surface area contributed by atoms with E-state index in [0.717, 1.165) is 31.6 Å². The monoisotopic (exact) mass is 312 g/mol. The first-order valence-electron chi connectivity index (χ1n) is 8.36. The molecule has 0 radical (unpaired) electrons. The number of hydrogen-bond donors (Lipinski definition) is 0. The van der Waals surface area contributed by atoms with Gasteiger partial charge in [0, 0.05) is 50.3 Å². The van der Waals surface area contributed by atoms with Crippen LogP contribution in [0.15, 0.2) is 37.1 Å². The lowest BCUT2D eigenvalue weighted by molar-refractivity contribution is -0.133. The van der Waals surface area contributed by atoms with Gasteiger partial charge in [0.25, 0.3) is 0 Å². The Labute approximate surface area is 137 Å². The second-order valence-electron chi connectivity index (χ2n) is 6.41. The molecule has 0 bridgehead atoms. The largest absolute Gasteiger partial charge is 0.342 e. The van der Waals surface area contributed by atoms with Crippen molar-refractivity contribution in [2.45, 2.75) is 39.2 Å². The third-order valence-electron chi connectivity index (χ3n) is 4.51. The average molecular weight is 312 g/mol. The van der Waals surface area contributed by atoms with Crippen LogP contribution in [-0.2, 0) is 17.8 Å². The quantitative estimate of drug-likeness (QED) is 0.852. The molecule has 3 rings (SSSR count). The molecule has 122 valence electrons. The Morgan fingerprint density at radius 3 is 3.04 bits per heavy atom. The maximum Gasteiger partial charge on any atom is 0.224 e. The molecule has 0 aromatic carbocycles. The van der Waals surface area contributed by atoms with E-state index in [1.54, 1.807) is 12.5 Å². The molecule has 2 aromatic heterocycles. The van der Waals surface area contributed by atoms with Crippen molar-refractivity contribution in [1.29, 1.82) is 0 Å². The van der Waals surface area contributed by atoms with Crippen LogP contribution in [0.5, 0.6) is 0 Å². The first-order chi connectivity index (χ1) is 11.2. The Morgan fingerprint density at radius 2 is 2.30 bits per heavy atom. The highest BCUT2D eigenvalue weighted by molar-refractivity contribution is 5.76. The van der Waals surface area contributed by atoms with Crippen molar-refractivity contribution >= 4 is 5.91 Å². The number of nitrogens with zero attached hydrogens (tertiary/aromatic N) is 4. The fourth-order valence-electron chi connectivity index (χ4n) is 3.21. The van der Waals surface area contributed by atoms with Gasteiger partial charge in [-0.3, -0.25) is 9.78 Å². The van der Waals surface area contributed by atoms with Crippen molar-refractivity contribution in [3.63, 3.8) is 0 Å². The Kier molecular flexibility index (Phi) is 5.05. The molecule has 1 atom stereocenters. The number of imidazole rings is 1. The minimum atomic E-state index is 0.255. The minimum Gasteiger partial charge on any atom is -0.342 e. The fourth-order valence-corrected chi connectivity index (χ4v) is 3.21. The summed E-state index contributed by atoms with van der Waals surface area (Å²) in [7, 11) is 0. The number of aromatic nitrogens is 3. The Hall–Kier alpha value is -2.17. The van der Waals surface area contributed by atoms with Crippen molar-refractivity contribution in [2.24, 2.45) is 5.92 Å². The van der Waals surface area contributed by atoms with Crippen LogP contribution in [0.2, 0.25) is 0 Å². The molecule has 0 unspecified atom stereocenters. The zero-order valence-corrected chi connectivity index (χ0v) is 13.7. The molecular weight excluding hydrogens is 288 g/mol. The predicted octanol–water partition coefficient (Wildman–Crippen LogP) is 2.46. The van der Waals surface area contributed by atoms with Crippen LogP contribution in [0.4, 0.5) is 0 Å². The van der Waals surface area contributed by atoms with Gasteiger partial charge in [-0.2, -0.15) is 0 Å². The molecule has 1 amide bonds. The summed E-state index contributed by atoms with van der Waals surface area (Å²) < 4.78 is 1.96. The van der Waals surface area contributed by atoms with Gasteiger partial charge in [-0.05, 0) is 43.7 Å². The number of carbonyl (C=O) groups is 1. The fraction of sp³-hybridized carbons (Fsp3) is 0.500. The van der Waals surface area contributed by atoms with Crippen molar-refractivity contribution in [3.05, 3.63) is 48.3 Å². The number of pyridine rings is 1. The molecule has 1 saturated heterocycles. The molecular formula is C18H24N4O. The number of rotatable bonds is 5. The van der Waals surface area contributed by atoms with Gasteiger partial charge in [-0.25, -0.2) is 4.98 Å². The number of aryl methyl sites for hydroxylation is 2. The highest BCUT2D eigenvalue weighted by atomic mass is 16.2. The molecule has 1 fully saturated rings. The Morgan fingerprint density at radius 1 is 1.39 bits per heavy atom. The second-order valence-corrected chi connectivity index (χ2v) is 6.41. The van der Waals surface area contributed by atoms with Crippen LogP contribution < -0.4 is 0 Å². The highest BCUT2D eigenvalue weighted by Gasteiger charge is 2.23. The van der Waals surface area contributed by atoms with Gasteiger partial charge in [0.05, 0.1) is 6.33 Å². The van der Waals surface area contributed by atoms with Crippen molar-refractivity contribution in [2.75, 3.05) is 13.1 Å². The van der Waals surface area contributed by atoms with Crippen LogP contribution in [0.1, 0.15) is 30.5 Å². The third-order valence-corrected chi connectivity index (χ3v) is 4.51. The van der Waals surface area contributed by atoms with E-state index in [2.05, 4.69) is 22.1 Å². The van der Waals surface area contributed by atoms with Crippen LogP contribution in [0.25, 0.3) is 0 Å². The van der Waals surface area contributed by atoms with E-state index in [1.807, 2.05) is 28.8 Å². The molecule has 0 spiro atoms. The summed E-state index contributed by atoms with van der Waals surface area (Å²) in [6.45, 7) is 4.48. The zero-order valence-electron chi connectivity index (χ0n) is 13.7. The number of hydrogen-bond acceptors (Lipinski definition) is 3. The standard InChI is InChI=1S/C18H24N4O/c1-15-4-5-16(12-20-15)11-17-3-2-8-22(13-17)18(23)6-9-21-10-7-19-14-21/h4-5,7,10,12,14,17H,2-3,6,8-9,11,13H2,1H3/t17-/m1/s1. The molecule has 5 heteroatoms. The molecule has 3 heterocycles. The first kappa shape index (κ1) is 15.7.